The number of nitrogens with one attached hydrogen (secondary N) is 1. The van der Waals surface area contributed by atoms with Crippen molar-refractivity contribution in [1.29, 1.82) is 0 Å². The third-order valence-corrected chi connectivity index (χ3v) is 5.76. The third-order valence-electron chi connectivity index (χ3n) is 5.76. The molecule has 3 heterocycles. The van der Waals surface area contributed by atoms with Crippen LogP contribution in [-0.2, 0) is 6.61 Å². The minimum Gasteiger partial charge on any atom is -0.488 e. The third kappa shape index (κ3) is 3.60. The van der Waals surface area contributed by atoms with E-state index in [9.17, 15) is 0 Å². The predicted molar refractivity (Wildman–Crippen MR) is 113 cm³/mol. The highest BCUT2D eigenvalue weighted by molar-refractivity contribution is 5.72. The van der Waals surface area contributed by atoms with Gasteiger partial charge in [0.15, 0.2) is 0 Å². The van der Waals surface area contributed by atoms with Gasteiger partial charge in [-0.05, 0) is 30.0 Å². The van der Waals surface area contributed by atoms with Crippen molar-refractivity contribution in [3.05, 3.63) is 78.6 Å². The Bertz CT molecular complexity index is 931. The number of pyridine rings is 1. The molecule has 142 valence electrons. The van der Waals surface area contributed by atoms with Gasteiger partial charge in [-0.2, -0.15) is 0 Å². The van der Waals surface area contributed by atoms with Crippen LogP contribution in [0.25, 0.3) is 11.1 Å². The Hall–Kier alpha value is -2.85. The normalized spacial score (nSPS) is 20.9. The zero-order valence-corrected chi connectivity index (χ0v) is 15.9. The van der Waals surface area contributed by atoms with Crippen molar-refractivity contribution in [3.8, 4) is 16.9 Å². The fourth-order valence-corrected chi connectivity index (χ4v) is 4.36. The summed E-state index contributed by atoms with van der Waals surface area (Å²) in [7, 11) is 0. The van der Waals surface area contributed by atoms with Gasteiger partial charge in [0.25, 0.3) is 0 Å². The molecule has 5 rings (SSSR count). The first-order chi connectivity index (χ1) is 13.8. The highest BCUT2D eigenvalue weighted by Gasteiger charge is 2.32. The Labute approximate surface area is 166 Å². The van der Waals surface area contributed by atoms with E-state index in [1.54, 1.807) is 0 Å². The molecule has 0 aliphatic carbocycles. The van der Waals surface area contributed by atoms with Crippen molar-refractivity contribution in [2.75, 3.05) is 24.5 Å². The minimum absolute atomic E-state index is 0.562. The second-order valence-corrected chi connectivity index (χ2v) is 7.81. The summed E-state index contributed by atoms with van der Waals surface area (Å²) < 4.78 is 6.16. The van der Waals surface area contributed by atoms with Gasteiger partial charge in [-0.15, -0.1) is 0 Å². The van der Waals surface area contributed by atoms with Gasteiger partial charge in [0.2, 0.25) is 0 Å². The first-order valence-electron chi connectivity index (χ1n) is 10.0. The maximum atomic E-state index is 6.16. The van der Waals surface area contributed by atoms with Crippen molar-refractivity contribution in [1.82, 2.24) is 10.3 Å². The lowest BCUT2D eigenvalue weighted by Crippen LogP contribution is -2.41. The van der Waals surface area contributed by atoms with E-state index in [0.29, 0.717) is 12.6 Å². The molecule has 0 spiro atoms. The molecule has 2 bridgehead atoms. The number of hydrogen-bond donors (Lipinski definition) is 1. The zero-order chi connectivity index (χ0) is 18.8. The summed E-state index contributed by atoms with van der Waals surface area (Å²) in [6.45, 7) is 3.88. The van der Waals surface area contributed by atoms with E-state index < -0.39 is 0 Å². The quantitative estimate of drug-likeness (QED) is 0.732. The summed E-state index contributed by atoms with van der Waals surface area (Å²) in [6.07, 6.45) is 5.23. The van der Waals surface area contributed by atoms with Crippen LogP contribution in [0.4, 0.5) is 5.69 Å². The maximum Gasteiger partial charge on any atom is 0.127 e. The van der Waals surface area contributed by atoms with Gasteiger partial charge in [-0.3, -0.25) is 4.98 Å². The van der Waals surface area contributed by atoms with E-state index in [1.165, 1.54) is 17.7 Å². The van der Waals surface area contributed by atoms with Crippen LogP contribution in [0.5, 0.6) is 5.75 Å². The standard InChI is InChI=1S/C24H25N3O/c1-2-6-18(7-3-1)17-28-24-9-5-4-8-23(24)20-11-22(14-25-13-20)27-15-19-10-21(16-27)26-12-19/h1-9,11,13-14,19,21,26H,10,12,15-17H2. The highest BCUT2D eigenvalue weighted by atomic mass is 16.5. The zero-order valence-electron chi connectivity index (χ0n) is 15.9. The monoisotopic (exact) mass is 371 g/mol. The van der Waals surface area contributed by atoms with Crippen LogP contribution < -0.4 is 15.0 Å². The van der Waals surface area contributed by atoms with Gasteiger partial charge in [0.1, 0.15) is 12.4 Å². The Morgan fingerprint density at radius 1 is 1.00 bits per heavy atom. The second-order valence-electron chi connectivity index (χ2n) is 7.81. The average Bonchev–Trinajstić information content (AvgIpc) is 3.11. The van der Waals surface area contributed by atoms with Gasteiger partial charge >= 0.3 is 0 Å². The molecular weight excluding hydrogens is 346 g/mol. The number of para-hydroxylation sites is 1. The Morgan fingerprint density at radius 3 is 2.75 bits per heavy atom. The summed E-state index contributed by atoms with van der Waals surface area (Å²) in [5.74, 6) is 1.65. The molecule has 4 heteroatoms. The van der Waals surface area contributed by atoms with Crippen LogP contribution in [-0.4, -0.2) is 30.7 Å². The van der Waals surface area contributed by atoms with Crippen molar-refractivity contribution >= 4 is 5.69 Å². The van der Waals surface area contributed by atoms with Crippen molar-refractivity contribution in [2.24, 2.45) is 5.92 Å². The Morgan fingerprint density at radius 2 is 1.86 bits per heavy atom. The molecule has 0 radical (unpaired) electrons. The Kier molecular flexibility index (Phi) is 4.71. The van der Waals surface area contributed by atoms with Crippen LogP contribution in [0.3, 0.4) is 0 Å². The minimum atomic E-state index is 0.562. The number of hydrogen-bond acceptors (Lipinski definition) is 4. The number of ether oxygens (including phenoxy) is 1. The summed E-state index contributed by atoms with van der Waals surface area (Å²) in [5.41, 5.74) is 4.56. The van der Waals surface area contributed by atoms with Crippen molar-refractivity contribution < 1.29 is 4.74 Å². The summed E-state index contributed by atoms with van der Waals surface area (Å²) >= 11 is 0. The lowest BCUT2D eigenvalue weighted by Gasteiger charge is -2.33. The molecule has 0 amide bonds. The molecule has 28 heavy (non-hydrogen) atoms. The maximum absolute atomic E-state index is 6.16. The number of aromatic nitrogens is 1. The van der Waals surface area contributed by atoms with E-state index >= 15 is 0 Å². The van der Waals surface area contributed by atoms with E-state index in [1.807, 2.05) is 42.7 Å². The first-order valence-corrected chi connectivity index (χ1v) is 10.0. The smallest absolute Gasteiger partial charge is 0.127 e. The van der Waals surface area contributed by atoms with E-state index in [0.717, 1.165) is 42.4 Å². The molecule has 0 saturated carbocycles. The number of fused-ring (bicyclic) bond motifs is 2. The molecule has 2 saturated heterocycles. The van der Waals surface area contributed by atoms with E-state index in [-0.39, 0.29) is 0 Å². The lowest BCUT2D eigenvalue weighted by atomic mass is 9.99. The average molecular weight is 371 g/mol. The molecule has 2 aromatic carbocycles. The molecule has 2 aliphatic heterocycles. The van der Waals surface area contributed by atoms with Crippen molar-refractivity contribution in [2.45, 2.75) is 19.1 Å². The molecule has 2 unspecified atom stereocenters. The summed E-state index contributed by atoms with van der Waals surface area (Å²) in [6, 6.07) is 21.4. The number of benzene rings is 2. The molecule has 1 N–H and O–H groups in total. The highest BCUT2D eigenvalue weighted by Crippen LogP contribution is 2.33. The fourth-order valence-electron chi connectivity index (χ4n) is 4.36. The summed E-state index contributed by atoms with van der Waals surface area (Å²) in [4.78, 5) is 7.02. The van der Waals surface area contributed by atoms with Gasteiger partial charge < -0.3 is 15.0 Å². The van der Waals surface area contributed by atoms with E-state index in [4.69, 9.17) is 4.74 Å². The van der Waals surface area contributed by atoms with Crippen LogP contribution >= 0.6 is 0 Å². The van der Waals surface area contributed by atoms with Gasteiger partial charge in [0.05, 0.1) is 11.9 Å². The number of piperidine rings is 1. The van der Waals surface area contributed by atoms with Gasteiger partial charge in [-0.1, -0.05) is 48.5 Å². The van der Waals surface area contributed by atoms with Crippen molar-refractivity contribution in [3.63, 3.8) is 0 Å². The number of nitrogens with zero attached hydrogens (tertiary/aromatic N) is 2. The number of rotatable bonds is 5. The summed E-state index contributed by atoms with van der Waals surface area (Å²) in [5, 5.41) is 3.62. The van der Waals surface area contributed by atoms with E-state index in [2.05, 4.69) is 45.5 Å². The lowest BCUT2D eigenvalue weighted by molar-refractivity contribution is 0.307. The fraction of sp³-hybridized carbons (Fsp3) is 0.292. The number of anilines is 1. The van der Waals surface area contributed by atoms with Crippen LogP contribution in [0.1, 0.15) is 12.0 Å². The predicted octanol–water partition coefficient (Wildman–Crippen LogP) is 4.13. The van der Waals surface area contributed by atoms with Crippen LogP contribution in [0, 0.1) is 5.92 Å². The second kappa shape index (κ2) is 7.64. The van der Waals surface area contributed by atoms with Crippen LogP contribution in [0.2, 0.25) is 0 Å². The SMILES string of the molecule is c1ccc(COc2ccccc2-c2cncc(N3CC4CNC(C4)C3)c2)cc1. The Balaban J connectivity index is 1.39. The molecule has 4 nitrogen and oxygen atoms in total. The topological polar surface area (TPSA) is 37.4 Å². The molecule has 3 aromatic rings. The van der Waals surface area contributed by atoms with Crippen LogP contribution in [0.15, 0.2) is 73.1 Å². The first kappa shape index (κ1) is 17.3. The molecule has 1 aromatic heterocycles. The molecular formula is C24H25N3O. The molecule has 2 atom stereocenters. The van der Waals surface area contributed by atoms with Gasteiger partial charge in [0, 0.05) is 43.0 Å². The van der Waals surface area contributed by atoms with Gasteiger partial charge in [-0.25, -0.2) is 0 Å². The molecule has 2 fully saturated rings. The molecule has 2 aliphatic rings. The largest absolute Gasteiger partial charge is 0.488 e.